The molecule has 1 unspecified atom stereocenters. The van der Waals surface area contributed by atoms with Gasteiger partial charge in [0, 0.05) is 12.8 Å². The first kappa shape index (κ1) is 54.7. The molecular formula is C46H82NO9P. The number of aliphatic hydroxyl groups excluding tert-OH is 1. The Hall–Kier alpha value is -2.33. The van der Waals surface area contributed by atoms with E-state index in [1.807, 2.05) is 34.1 Å². The van der Waals surface area contributed by atoms with Gasteiger partial charge in [-0.05, 0) is 90.4 Å². The summed E-state index contributed by atoms with van der Waals surface area (Å²) in [5.41, 5.74) is 0. The number of hydrogen-bond acceptors (Lipinski definition) is 9. The molecule has 0 aromatic heterocycles. The average molecular weight is 824 g/mol. The second-order valence-electron chi connectivity index (χ2n) is 16.0. The molecule has 57 heavy (non-hydrogen) atoms. The van der Waals surface area contributed by atoms with E-state index < -0.39 is 32.5 Å². The lowest BCUT2D eigenvalue weighted by Crippen LogP contribution is -2.37. The Morgan fingerprint density at radius 3 is 1.67 bits per heavy atom. The van der Waals surface area contributed by atoms with Gasteiger partial charge in [-0.1, -0.05) is 119 Å². The van der Waals surface area contributed by atoms with E-state index in [-0.39, 0.29) is 32.2 Å². The number of aliphatic hydroxyl groups is 1. The van der Waals surface area contributed by atoms with Gasteiger partial charge >= 0.3 is 11.9 Å². The summed E-state index contributed by atoms with van der Waals surface area (Å²) in [4.78, 5) is 37.5. The maximum Gasteiger partial charge on any atom is 0.306 e. The summed E-state index contributed by atoms with van der Waals surface area (Å²) in [6, 6.07) is 0. The molecule has 0 aliphatic heterocycles. The average Bonchev–Trinajstić information content (AvgIpc) is 3.14. The van der Waals surface area contributed by atoms with Crippen LogP contribution in [0, 0.1) is 0 Å². The third kappa shape index (κ3) is 43.1. The molecule has 3 atom stereocenters. The highest BCUT2D eigenvalue weighted by molar-refractivity contribution is 7.45. The lowest BCUT2D eigenvalue weighted by Gasteiger charge is -2.28. The molecule has 0 bridgehead atoms. The second-order valence-corrected chi connectivity index (χ2v) is 17.4. The number of phosphoric acid groups is 1. The topological polar surface area (TPSA) is 131 Å². The van der Waals surface area contributed by atoms with Crippen molar-refractivity contribution in [2.75, 3.05) is 47.5 Å². The Bertz CT molecular complexity index is 1170. The molecule has 11 heteroatoms. The highest BCUT2D eigenvalue weighted by atomic mass is 31.2. The summed E-state index contributed by atoms with van der Waals surface area (Å²) in [6.07, 6.45) is 42.4. The van der Waals surface area contributed by atoms with Crippen LogP contribution in [0.25, 0.3) is 0 Å². The zero-order valence-corrected chi connectivity index (χ0v) is 37.5. The number of hydrogen-bond donors (Lipinski definition) is 1. The van der Waals surface area contributed by atoms with Crippen LogP contribution in [0.15, 0.2) is 60.8 Å². The predicted molar refractivity (Wildman–Crippen MR) is 232 cm³/mol. The molecule has 0 aliphatic rings. The van der Waals surface area contributed by atoms with E-state index in [0.717, 1.165) is 64.2 Å². The summed E-state index contributed by atoms with van der Waals surface area (Å²) in [5.74, 6) is -0.926. The van der Waals surface area contributed by atoms with E-state index in [1.54, 1.807) is 0 Å². The molecule has 330 valence electrons. The molecule has 0 aliphatic carbocycles. The number of unbranched alkanes of at least 4 members (excludes halogenated alkanes) is 13. The monoisotopic (exact) mass is 824 g/mol. The van der Waals surface area contributed by atoms with Gasteiger partial charge in [0.05, 0.1) is 33.9 Å². The predicted octanol–water partition coefficient (Wildman–Crippen LogP) is 10.8. The molecule has 0 amide bonds. The van der Waals surface area contributed by atoms with Crippen molar-refractivity contribution in [3.63, 3.8) is 0 Å². The molecule has 1 N–H and O–H groups in total. The minimum Gasteiger partial charge on any atom is -0.756 e. The lowest BCUT2D eigenvalue weighted by atomic mass is 10.1. The van der Waals surface area contributed by atoms with Gasteiger partial charge in [0.25, 0.3) is 7.82 Å². The smallest absolute Gasteiger partial charge is 0.306 e. The molecule has 0 aromatic rings. The molecule has 0 heterocycles. The number of ether oxygens (including phenoxy) is 2. The third-order valence-corrected chi connectivity index (χ3v) is 9.99. The number of likely N-dealkylation sites (N-methyl/N-ethyl adjacent to an activating group) is 1. The van der Waals surface area contributed by atoms with E-state index in [0.29, 0.717) is 30.3 Å². The Labute approximate surface area is 348 Å². The van der Waals surface area contributed by atoms with Crippen LogP contribution in [-0.2, 0) is 32.7 Å². The molecule has 0 saturated heterocycles. The Balaban J connectivity index is 4.48. The first-order valence-corrected chi connectivity index (χ1v) is 23.5. The van der Waals surface area contributed by atoms with Crippen LogP contribution in [0.2, 0.25) is 0 Å². The maximum atomic E-state index is 12.6. The maximum absolute atomic E-state index is 12.6. The lowest BCUT2D eigenvalue weighted by molar-refractivity contribution is -0.870. The van der Waals surface area contributed by atoms with Crippen molar-refractivity contribution in [2.45, 2.75) is 174 Å². The van der Waals surface area contributed by atoms with Gasteiger partial charge < -0.3 is 33.0 Å². The van der Waals surface area contributed by atoms with Crippen molar-refractivity contribution in [3.05, 3.63) is 60.8 Å². The number of carbonyl (C=O) groups excluding carboxylic acids is 2. The summed E-state index contributed by atoms with van der Waals surface area (Å²) in [5, 5.41) is 9.28. The van der Waals surface area contributed by atoms with Gasteiger partial charge in [-0.25, -0.2) is 0 Å². The fourth-order valence-electron chi connectivity index (χ4n) is 5.54. The van der Waals surface area contributed by atoms with E-state index in [2.05, 4.69) is 61.6 Å². The minimum absolute atomic E-state index is 0.0498. The van der Waals surface area contributed by atoms with Gasteiger partial charge in [-0.2, -0.15) is 0 Å². The molecule has 0 rings (SSSR count). The van der Waals surface area contributed by atoms with Gasteiger partial charge in [0.15, 0.2) is 6.10 Å². The molecule has 0 radical (unpaired) electrons. The Kier molecular flexibility index (Phi) is 36.4. The summed E-state index contributed by atoms with van der Waals surface area (Å²) in [7, 11) is 1.10. The second kappa shape index (κ2) is 37.9. The number of phosphoric ester groups is 1. The van der Waals surface area contributed by atoms with Gasteiger partial charge in [0.1, 0.15) is 19.8 Å². The molecular weight excluding hydrogens is 741 g/mol. The van der Waals surface area contributed by atoms with Crippen molar-refractivity contribution < 1.29 is 47.2 Å². The summed E-state index contributed by atoms with van der Waals surface area (Å²) in [6.45, 7) is 3.67. The molecule has 0 aromatic carbocycles. The van der Waals surface area contributed by atoms with Crippen LogP contribution >= 0.6 is 7.82 Å². The zero-order chi connectivity index (χ0) is 42.3. The number of allylic oxidation sites excluding steroid dienone is 10. The van der Waals surface area contributed by atoms with Crippen LogP contribution in [-0.4, -0.2) is 81.2 Å². The van der Waals surface area contributed by atoms with E-state index in [4.69, 9.17) is 18.5 Å². The molecule has 0 spiro atoms. The number of carbonyl (C=O) groups is 2. The fraction of sp³-hybridized carbons (Fsp3) is 0.739. The quantitative estimate of drug-likeness (QED) is 0.0212. The van der Waals surface area contributed by atoms with Crippen molar-refractivity contribution in [1.82, 2.24) is 0 Å². The number of nitrogens with zero attached hydrogens (tertiary/aromatic N) is 1. The zero-order valence-electron chi connectivity index (χ0n) is 36.6. The van der Waals surface area contributed by atoms with Crippen LogP contribution in [0.4, 0.5) is 0 Å². The van der Waals surface area contributed by atoms with Crippen LogP contribution < -0.4 is 4.89 Å². The van der Waals surface area contributed by atoms with Gasteiger partial charge in [-0.3, -0.25) is 14.2 Å². The summed E-state index contributed by atoms with van der Waals surface area (Å²) < 4.78 is 33.8. The minimum atomic E-state index is -4.65. The Morgan fingerprint density at radius 2 is 1.11 bits per heavy atom. The van der Waals surface area contributed by atoms with Crippen LogP contribution in [0.1, 0.15) is 162 Å². The van der Waals surface area contributed by atoms with Gasteiger partial charge in [-0.15, -0.1) is 0 Å². The normalized spacial score (nSPS) is 14.7. The summed E-state index contributed by atoms with van der Waals surface area (Å²) >= 11 is 0. The number of rotatable bonds is 39. The van der Waals surface area contributed by atoms with E-state index in [9.17, 15) is 24.2 Å². The van der Waals surface area contributed by atoms with Crippen LogP contribution in [0.5, 0.6) is 0 Å². The van der Waals surface area contributed by atoms with Crippen LogP contribution in [0.3, 0.4) is 0 Å². The molecule has 10 nitrogen and oxygen atoms in total. The first-order chi connectivity index (χ1) is 27.3. The van der Waals surface area contributed by atoms with Gasteiger partial charge in [0.2, 0.25) is 0 Å². The van der Waals surface area contributed by atoms with E-state index >= 15 is 0 Å². The van der Waals surface area contributed by atoms with Crippen molar-refractivity contribution in [2.24, 2.45) is 0 Å². The number of esters is 2. The standard InChI is InChI=1S/C46H82NO9P/c1-6-7-8-9-10-11-12-13-15-19-22-25-28-31-34-37-45(49)53-41-44(42-55-57(51,52)54-40-39-47(3,4)5)56-46(50)38-35-32-29-26-23-20-17-14-16-18-21-24-27-30-33-36-43(2)48/h11-12,16-18,20,24,26-27,29,43-44,48H,6-10,13-15,19,21-23,25,28,30-42H2,1-5H3/b12-11-,18-16-,20-17-,27-24-,29-26-/t43-,44+/m0/s1. The largest absolute Gasteiger partial charge is 0.756 e. The third-order valence-electron chi connectivity index (χ3n) is 9.03. The molecule has 0 fully saturated rings. The van der Waals surface area contributed by atoms with E-state index in [1.165, 1.54) is 51.4 Å². The fourth-order valence-corrected chi connectivity index (χ4v) is 6.27. The SMILES string of the molecule is CCCCCC/C=C\CCCCCCCCCC(=O)OC[C@H](COP(=O)([O-])OCC[N+](C)(C)C)OC(=O)CCC/C=C\C/C=C\C/C=C\C/C=C\CCC[C@H](C)O. The van der Waals surface area contributed by atoms with Crippen molar-refractivity contribution in [1.29, 1.82) is 0 Å². The highest BCUT2D eigenvalue weighted by Gasteiger charge is 2.21. The highest BCUT2D eigenvalue weighted by Crippen LogP contribution is 2.38. The Morgan fingerprint density at radius 1 is 0.632 bits per heavy atom. The molecule has 0 saturated carbocycles. The van der Waals surface area contributed by atoms with Crippen molar-refractivity contribution in [3.8, 4) is 0 Å². The number of quaternary nitrogens is 1. The van der Waals surface area contributed by atoms with Crippen molar-refractivity contribution >= 4 is 19.8 Å². The first-order valence-electron chi connectivity index (χ1n) is 22.0.